The van der Waals surface area contributed by atoms with Gasteiger partial charge in [0.1, 0.15) is 5.41 Å². The number of imide groups is 2. The molecule has 1 heterocycles. The molecule has 1 saturated heterocycles. The molecule has 6 heteroatoms. The van der Waals surface area contributed by atoms with Crippen LogP contribution in [0.15, 0.2) is 0 Å². The fourth-order valence-corrected chi connectivity index (χ4v) is 2.99. The van der Waals surface area contributed by atoms with E-state index >= 15 is 0 Å². The van der Waals surface area contributed by atoms with Crippen LogP contribution in [0.25, 0.3) is 0 Å². The maximum absolute atomic E-state index is 12.5. The van der Waals surface area contributed by atoms with Gasteiger partial charge in [-0.3, -0.25) is 19.8 Å². The predicted molar refractivity (Wildman–Crippen MR) is 80.5 cm³/mol. The van der Waals surface area contributed by atoms with Gasteiger partial charge in [0.25, 0.3) is 0 Å². The van der Waals surface area contributed by atoms with E-state index in [-0.39, 0.29) is 5.91 Å². The van der Waals surface area contributed by atoms with Crippen LogP contribution in [0.5, 0.6) is 0 Å². The maximum Gasteiger partial charge on any atom is 0.330 e. The number of rotatable bonds is 8. The summed E-state index contributed by atoms with van der Waals surface area (Å²) in [6.07, 6.45) is 5.75. The van der Waals surface area contributed by atoms with Crippen LogP contribution in [0, 0.1) is 5.41 Å². The van der Waals surface area contributed by atoms with Crippen LogP contribution >= 0.6 is 11.8 Å². The van der Waals surface area contributed by atoms with Gasteiger partial charge in [0.05, 0.1) is 0 Å². The number of nitrogens with zero attached hydrogens (tertiary/aromatic N) is 1. The molecule has 1 rings (SSSR count). The lowest BCUT2D eigenvalue weighted by atomic mass is 9.78. The number of unbranched alkanes of at least 4 members (excludes halogenated alkanes) is 2. The minimum atomic E-state index is -1.06. The molecule has 0 bridgehead atoms. The molecule has 0 spiro atoms. The minimum absolute atomic E-state index is 0.332. The summed E-state index contributed by atoms with van der Waals surface area (Å²) in [4.78, 5) is 37.5. The highest BCUT2D eigenvalue weighted by molar-refractivity contribution is 7.98. The van der Waals surface area contributed by atoms with Crippen molar-refractivity contribution in [3.63, 3.8) is 0 Å². The fraction of sp³-hybridized carbons (Fsp3) is 0.786. The summed E-state index contributed by atoms with van der Waals surface area (Å²) in [5, 5.41) is 2.33. The molecular weight excluding hydrogens is 276 g/mol. The van der Waals surface area contributed by atoms with E-state index in [2.05, 4.69) is 11.6 Å². The molecule has 0 radical (unpaired) electrons. The third-order valence-corrected chi connectivity index (χ3v) is 4.69. The molecule has 5 nitrogen and oxygen atoms in total. The molecule has 0 unspecified atom stereocenters. The van der Waals surface area contributed by atoms with E-state index in [0.717, 1.165) is 25.0 Å². The van der Waals surface area contributed by atoms with E-state index in [1.165, 1.54) is 4.90 Å². The number of urea groups is 1. The van der Waals surface area contributed by atoms with E-state index in [1.54, 1.807) is 11.8 Å². The van der Waals surface area contributed by atoms with Crippen molar-refractivity contribution in [3.05, 3.63) is 0 Å². The molecule has 1 fully saturated rings. The van der Waals surface area contributed by atoms with Crippen molar-refractivity contribution in [2.24, 2.45) is 5.41 Å². The molecule has 0 aromatic heterocycles. The Morgan fingerprint density at radius 2 is 1.75 bits per heavy atom. The average molecular weight is 300 g/mol. The highest BCUT2D eigenvalue weighted by Crippen LogP contribution is 2.32. The summed E-state index contributed by atoms with van der Waals surface area (Å²) < 4.78 is 0. The number of carbonyl (C=O) groups excluding carboxylic acids is 3. The quantitative estimate of drug-likeness (QED) is 0.552. The molecule has 0 saturated carbocycles. The van der Waals surface area contributed by atoms with Gasteiger partial charge in [-0.05, 0) is 37.7 Å². The van der Waals surface area contributed by atoms with Crippen LogP contribution in [0.1, 0.15) is 46.0 Å². The smallest absolute Gasteiger partial charge is 0.277 e. The van der Waals surface area contributed by atoms with E-state index in [9.17, 15) is 14.4 Å². The third-order valence-electron chi connectivity index (χ3n) is 3.99. The van der Waals surface area contributed by atoms with Gasteiger partial charge in [-0.15, -0.1) is 0 Å². The molecule has 20 heavy (non-hydrogen) atoms. The lowest BCUT2D eigenvalue weighted by Gasteiger charge is -2.38. The second kappa shape index (κ2) is 7.67. The molecule has 1 N–H and O–H groups in total. The van der Waals surface area contributed by atoms with E-state index in [4.69, 9.17) is 0 Å². The van der Waals surface area contributed by atoms with Crippen molar-refractivity contribution >= 4 is 29.6 Å². The third kappa shape index (κ3) is 3.34. The number of hydrogen-bond acceptors (Lipinski definition) is 4. The van der Waals surface area contributed by atoms with Crippen molar-refractivity contribution in [1.29, 1.82) is 0 Å². The first-order valence-electron chi connectivity index (χ1n) is 7.19. The second-order valence-electron chi connectivity index (χ2n) is 5.06. The lowest BCUT2D eigenvalue weighted by molar-refractivity contribution is -0.152. The predicted octanol–water partition coefficient (Wildman–Crippen LogP) is 2.40. The topological polar surface area (TPSA) is 66.5 Å². The van der Waals surface area contributed by atoms with Gasteiger partial charge in [-0.2, -0.15) is 11.8 Å². The second-order valence-corrected chi connectivity index (χ2v) is 6.04. The zero-order valence-electron chi connectivity index (χ0n) is 12.5. The summed E-state index contributed by atoms with van der Waals surface area (Å²) in [5.74, 6) is 0.309. The molecule has 1 aliphatic heterocycles. The molecule has 114 valence electrons. The number of barbiturate groups is 1. The normalized spacial score (nSPS) is 18.4. The Kier molecular flexibility index (Phi) is 6.52. The van der Waals surface area contributed by atoms with Crippen LogP contribution in [0.2, 0.25) is 0 Å². The van der Waals surface area contributed by atoms with Crippen LogP contribution in [-0.4, -0.2) is 41.3 Å². The van der Waals surface area contributed by atoms with Gasteiger partial charge in [0.15, 0.2) is 0 Å². The van der Waals surface area contributed by atoms with Crippen molar-refractivity contribution in [3.8, 4) is 0 Å². The molecule has 0 aromatic rings. The fourth-order valence-electron chi connectivity index (χ4n) is 2.50. The average Bonchev–Trinajstić information content (AvgIpc) is 2.43. The lowest BCUT2D eigenvalue weighted by Crippen LogP contribution is -2.63. The Morgan fingerprint density at radius 3 is 2.30 bits per heavy atom. The summed E-state index contributed by atoms with van der Waals surface area (Å²) in [7, 11) is 0. The van der Waals surface area contributed by atoms with Gasteiger partial charge < -0.3 is 0 Å². The Hall–Kier alpha value is -1.04. The first-order valence-corrected chi connectivity index (χ1v) is 8.59. The highest BCUT2D eigenvalue weighted by atomic mass is 32.2. The Bertz CT molecular complexity index is 381. The SMILES string of the molecule is CCC1(CC)C(=O)NC(=O)N(CCCCCSC)C1=O. The number of carbonyl (C=O) groups is 3. The number of nitrogens with one attached hydrogen (secondary N) is 1. The first-order chi connectivity index (χ1) is 9.53. The largest absolute Gasteiger partial charge is 0.330 e. The van der Waals surface area contributed by atoms with E-state index in [1.807, 2.05) is 13.8 Å². The van der Waals surface area contributed by atoms with Crippen molar-refractivity contribution < 1.29 is 14.4 Å². The maximum atomic E-state index is 12.5. The van der Waals surface area contributed by atoms with Gasteiger partial charge in [0.2, 0.25) is 11.8 Å². The van der Waals surface area contributed by atoms with Gasteiger partial charge in [0, 0.05) is 6.54 Å². The molecule has 4 amide bonds. The van der Waals surface area contributed by atoms with Crippen molar-refractivity contribution in [2.75, 3.05) is 18.6 Å². The Labute approximate surface area is 124 Å². The summed E-state index contributed by atoms with van der Waals surface area (Å²) >= 11 is 1.79. The number of thioether (sulfide) groups is 1. The number of hydrogen-bond donors (Lipinski definition) is 1. The first kappa shape index (κ1) is 17.0. The molecular formula is C14H24N2O3S. The van der Waals surface area contributed by atoms with Crippen LogP contribution in [-0.2, 0) is 9.59 Å². The summed E-state index contributed by atoms with van der Waals surface area (Å²) in [5.41, 5.74) is -1.06. The zero-order chi connectivity index (χ0) is 15.2. The number of amides is 4. The zero-order valence-corrected chi connectivity index (χ0v) is 13.3. The van der Waals surface area contributed by atoms with E-state index < -0.39 is 17.4 Å². The molecule has 0 aliphatic carbocycles. The summed E-state index contributed by atoms with van der Waals surface area (Å²) in [6, 6.07) is -0.567. The van der Waals surface area contributed by atoms with Crippen LogP contribution < -0.4 is 5.32 Å². The highest BCUT2D eigenvalue weighted by Gasteiger charge is 2.51. The van der Waals surface area contributed by atoms with Gasteiger partial charge >= 0.3 is 6.03 Å². The molecule has 1 aliphatic rings. The van der Waals surface area contributed by atoms with Crippen LogP contribution in [0.4, 0.5) is 4.79 Å². The minimum Gasteiger partial charge on any atom is -0.277 e. The van der Waals surface area contributed by atoms with Gasteiger partial charge in [-0.1, -0.05) is 20.3 Å². The van der Waals surface area contributed by atoms with Crippen molar-refractivity contribution in [2.45, 2.75) is 46.0 Å². The molecule has 0 atom stereocenters. The Balaban J connectivity index is 2.68. The summed E-state index contributed by atoms with van der Waals surface area (Å²) in [6.45, 7) is 4.02. The Morgan fingerprint density at radius 1 is 1.10 bits per heavy atom. The van der Waals surface area contributed by atoms with Crippen molar-refractivity contribution in [1.82, 2.24) is 10.2 Å². The monoisotopic (exact) mass is 300 g/mol. The standard InChI is InChI=1S/C14H24N2O3S/c1-4-14(5-2)11(17)15-13(19)16(12(14)18)9-7-6-8-10-20-3/h4-10H2,1-3H3,(H,15,17,19). The van der Waals surface area contributed by atoms with Crippen LogP contribution in [0.3, 0.4) is 0 Å². The molecule has 0 aromatic carbocycles. The van der Waals surface area contributed by atoms with E-state index in [0.29, 0.717) is 19.4 Å². The van der Waals surface area contributed by atoms with Gasteiger partial charge in [-0.25, -0.2) is 4.79 Å².